The zero-order chi connectivity index (χ0) is 19.0. The number of phosphoric ester groups is 1. The fourth-order valence-electron chi connectivity index (χ4n) is 2.95. The Labute approximate surface area is 152 Å². The van der Waals surface area contributed by atoms with Crippen molar-refractivity contribution in [1.29, 1.82) is 0 Å². The third kappa shape index (κ3) is 19.7. The van der Waals surface area contributed by atoms with Crippen LogP contribution in [0.25, 0.3) is 0 Å². The van der Waals surface area contributed by atoms with Crippen LogP contribution in [0, 0.1) is 0 Å². The Bertz CT molecular complexity index is 369. The summed E-state index contributed by atoms with van der Waals surface area (Å²) in [6.07, 6.45) is 13.7. The molecule has 1 atom stereocenters. The van der Waals surface area contributed by atoms with Crippen molar-refractivity contribution in [1.82, 2.24) is 0 Å². The van der Waals surface area contributed by atoms with Gasteiger partial charge in [-0.25, -0.2) is 4.57 Å². The van der Waals surface area contributed by atoms with E-state index in [2.05, 4.69) is 6.92 Å². The summed E-state index contributed by atoms with van der Waals surface area (Å²) in [6, 6.07) is 0. The van der Waals surface area contributed by atoms with Crippen LogP contribution >= 0.6 is 7.82 Å². The van der Waals surface area contributed by atoms with E-state index in [1.54, 1.807) is 0 Å². The number of carbonyl (C=O) groups is 1. The molecule has 0 aliphatic heterocycles. The molecule has 1 unspecified atom stereocenters. The number of carboxylic acids is 1. The van der Waals surface area contributed by atoms with Crippen LogP contribution < -0.4 is 0 Å². The highest BCUT2D eigenvalue weighted by Crippen LogP contribution is 2.39. The second kappa shape index (κ2) is 15.8. The highest BCUT2D eigenvalue weighted by molar-refractivity contribution is 7.46. The van der Waals surface area contributed by atoms with Gasteiger partial charge in [0.15, 0.2) is 0 Å². The minimum atomic E-state index is -4.43. The average molecular weight is 380 g/mol. The molecule has 3 N–H and O–H groups in total. The van der Waals surface area contributed by atoms with Gasteiger partial charge >= 0.3 is 13.8 Å². The Morgan fingerprint density at radius 2 is 1.28 bits per heavy atom. The molecule has 150 valence electrons. The summed E-state index contributed by atoms with van der Waals surface area (Å²) >= 11 is 0. The molecule has 0 heterocycles. The molecule has 0 aromatic carbocycles. The normalized spacial score (nSPS) is 13.1. The number of unbranched alkanes of at least 4 members (excludes halogenated alkanes) is 10. The molecule has 7 heteroatoms. The van der Waals surface area contributed by atoms with Gasteiger partial charge in [0.25, 0.3) is 0 Å². The van der Waals surface area contributed by atoms with E-state index in [-0.39, 0.29) is 12.5 Å². The Kier molecular flexibility index (Phi) is 15.5. The summed E-state index contributed by atoms with van der Waals surface area (Å²) in [6.45, 7) is 2.19. The molecule has 0 spiro atoms. The molecule has 0 radical (unpaired) electrons. The number of phosphoric acid groups is 1. The number of hydrogen-bond acceptors (Lipinski definition) is 3. The van der Waals surface area contributed by atoms with E-state index in [0.29, 0.717) is 19.3 Å². The first-order chi connectivity index (χ1) is 11.8. The van der Waals surface area contributed by atoms with Crippen molar-refractivity contribution in [2.45, 2.75) is 109 Å². The molecular weight excluding hydrogens is 343 g/mol. The summed E-state index contributed by atoms with van der Waals surface area (Å²) in [5.74, 6) is -0.759. The molecule has 0 aromatic heterocycles. The van der Waals surface area contributed by atoms with Crippen LogP contribution in [0.4, 0.5) is 0 Å². The van der Waals surface area contributed by atoms with Gasteiger partial charge in [-0.05, 0) is 19.3 Å². The quantitative estimate of drug-likeness (QED) is 0.217. The maximum atomic E-state index is 11.1. The first kappa shape index (κ1) is 24.6. The van der Waals surface area contributed by atoms with Crippen molar-refractivity contribution in [3.05, 3.63) is 0 Å². The highest BCUT2D eigenvalue weighted by atomic mass is 31.2. The minimum Gasteiger partial charge on any atom is -0.481 e. The standard InChI is InChI=1S/C18H37O6P/c1-2-3-4-5-6-8-11-14-17(24-25(21,22)23)15-12-9-7-10-13-16-18(19)20/h17H,2-16H2,1H3,(H,19,20)(H2,21,22,23). The number of carboxylic acid groups (broad SMARTS) is 1. The predicted molar refractivity (Wildman–Crippen MR) is 99.5 cm³/mol. The Morgan fingerprint density at radius 3 is 1.72 bits per heavy atom. The topological polar surface area (TPSA) is 104 Å². The number of hydrogen-bond donors (Lipinski definition) is 3. The van der Waals surface area contributed by atoms with E-state index in [0.717, 1.165) is 38.5 Å². The van der Waals surface area contributed by atoms with Crippen molar-refractivity contribution in [3.8, 4) is 0 Å². The van der Waals surface area contributed by atoms with E-state index in [1.165, 1.54) is 32.1 Å². The van der Waals surface area contributed by atoms with Crippen LogP contribution in [-0.4, -0.2) is 27.0 Å². The van der Waals surface area contributed by atoms with Crippen molar-refractivity contribution in [3.63, 3.8) is 0 Å². The predicted octanol–water partition coefficient (Wildman–Crippen LogP) is 5.42. The van der Waals surface area contributed by atoms with E-state index in [4.69, 9.17) is 19.4 Å². The van der Waals surface area contributed by atoms with Gasteiger partial charge in [-0.1, -0.05) is 77.6 Å². The summed E-state index contributed by atoms with van der Waals surface area (Å²) in [5.41, 5.74) is 0. The first-order valence-corrected chi connectivity index (χ1v) is 11.3. The highest BCUT2D eigenvalue weighted by Gasteiger charge is 2.21. The minimum absolute atomic E-state index is 0.211. The molecule has 0 saturated carbocycles. The van der Waals surface area contributed by atoms with Crippen LogP contribution in [0.3, 0.4) is 0 Å². The second-order valence-corrected chi connectivity index (χ2v) is 8.02. The lowest BCUT2D eigenvalue weighted by Gasteiger charge is -2.18. The van der Waals surface area contributed by atoms with Crippen LogP contribution in [0.1, 0.15) is 103 Å². The van der Waals surface area contributed by atoms with E-state index in [9.17, 15) is 9.36 Å². The maximum Gasteiger partial charge on any atom is 0.469 e. The molecule has 0 amide bonds. The Morgan fingerprint density at radius 1 is 0.840 bits per heavy atom. The van der Waals surface area contributed by atoms with Crippen LogP contribution in [0.2, 0.25) is 0 Å². The van der Waals surface area contributed by atoms with Gasteiger partial charge in [-0.15, -0.1) is 0 Å². The fourth-order valence-corrected chi connectivity index (χ4v) is 3.55. The molecule has 0 fully saturated rings. The van der Waals surface area contributed by atoms with Crippen molar-refractivity contribution < 1.29 is 28.8 Å². The molecule has 0 aliphatic rings. The van der Waals surface area contributed by atoms with Crippen LogP contribution in [0.5, 0.6) is 0 Å². The molecule has 0 aromatic rings. The summed E-state index contributed by atoms with van der Waals surface area (Å²) in [4.78, 5) is 28.5. The summed E-state index contributed by atoms with van der Waals surface area (Å²) in [7, 11) is -4.43. The summed E-state index contributed by atoms with van der Waals surface area (Å²) < 4.78 is 16.0. The van der Waals surface area contributed by atoms with Crippen LogP contribution in [0.15, 0.2) is 0 Å². The monoisotopic (exact) mass is 380 g/mol. The largest absolute Gasteiger partial charge is 0.481 e. The van der Waals surface area contributed by atoms with Gasteiger partial charge in [0.05, 0.1) is 6.10 Å². The molecule has 0 saturated heterocycles. The lowest BCUT2D eigenvalue weighted by molar-refractivity contribution is -0.137. The number of aliphatic carboxylic acids is 1. The van der Waals surface area contributed by atoms with Crippen molar-refractivity contribution in [2.24, 2.45) is 0 Å². The molecular formula is C18H37O6P. The number of rotatable bonds is 18. The van der Waals surface area contributed by atoms with E-state index < -0.39 is 13.8 Å². The Balaban J connectivity index is 3.83. The maximum absolute atomic E-state index is 11.1. The SMILES string of the molecule is CCCCCCCCCC(CCCCCCCC(=O)O)OP(=O)(O)O. The van der Waals surface area contributed by atoms with E-state index in [1.807, 2.05) is 0 Å². The lowest BCUT2D eigenvalue weighted by Crippen LogP contribution is -2.11. The average Bonchev–Trinajstić information content (AvgIpc) is 2.51. The molecule has 25 heavy (non-hydrogen) atoms. The van der Waals surface area contributed by atoms with Crippen molar-refractivity contribution >= 4 is 13.8 Å². The van der Waals surface area contributed by atoms with Gasteiger partial charge < -0.3 is 14.9 Å². The van der Waals surface area contributed by atoms with Gasteiger partial charge in [-0.3, -0.25) is 9.32 Å². The van der Waals surface area contributed by atoms with E-state index >= 15 is 0 Å². The Hall–Kier alpha value is -0.420. The zero-order valence-electron chi connectivity index (χ0n) is 15.7. The third-order valence-electron chi connectivity index (χ3n) is 4.33. The smallest absolute Gasteiger partial charge is 0.469 e. The summed E-state index contributed by atoms with van der Waals surface area (Å²) in [5, 5.41) is 8.57. The first-order valence-electron chi connectivity index (χ1n) is 9.81. The van der Waals surface area contributed by atoms with Gasteiger partial charge in [0.2, 0.25) is 0 Å². The lowest BCUT2D eigenvalue weighted by atomic mass is 10.0. The van der Waals surface area contributed by atoms with Gasteiger partial charge in [-0.2, -0.15) is 0 Å². The van der Waals surface area contributed by atoms with Gasteiger partial charge in [0, 0.05) is 6.42 Å². The molecule has 0 aliphatic carbocycles. The van der Waals surface area contributed by atoms with Crippen molar-refractivity contribution in [2.75, 3.05) is 0 Å². The molecule has 0 rings (SSSR count). The van der Waals surface area contributed by atoms with Crippen LogP contribution in [-0.2, 0) is 13.9 Å². The molecule has 0 bridgehead atoms. The third-order valence-corrected chi connectivity index (χ3v) is 4.91. The molecule has 6 nitrogen and oxygen atoms in total. The van der Waals surface area contributed by atoms with Gasteiger partial charge in [0.1, 0.15) is 0 Å². The zero-order valence-corrected chi connectivity index (χ0v) is 16.6. The second-order valence-electron chi connectivity index (χ2n) is 6.83. The fraction of sp³-hybridized carbons (Fsp3) is 0.944.